The molecule has 1 N–H and O–H groups in total. The SMILES string of the molecule is CN(C(=O)COC1CCNCC1)c1ccc(F)cc1. The van der Waals surface area contributed by atoms with E-state index >= 15 is 0 Å². The van der Waals surface area contributed by atoms with Gasteiger partial charge in [-0.2, -0.15) is 0 Å². The van der Waals surface area contributed by atoms with Crippen molar-refractivity contribution in [3.63, 3.8) is 0 Å². The number of rotatable bonds is 4. The normalized spacial score (nSPS) is 16.3. The smallest absolute Gasteiger partial charge is 0.252 e. The van der Waals surface area contributed by atoms with E-state index in [1.165, 1.54) is 17.0 Å². The predicted octanol–water partition coefficient (Wildman–Crippen LogP) is 1.56. The van der Waals surface area contributed by atoms with Gasteiger partial charge in [0.05, 0.1) is 6.10 Å². The van der Waals surface area contributed by atoms with Crippen LogP contribution in [0, 0.1) is 5.82 Å². The van der Waals surface area contributed by atoms with Crippen molar-refractivity contribution in [2.75, 3.05) is 31.6 Å². The summed E-state index contributed by atoms with van der Waals surface area (Å²) in [5, 5.41) is 3.25. The van der Waals surface area contributed by atoms with Crippen molar-refractivity contribution < 1.29 is 13.9 Å². The molecule has 0 spiro atoms. The highest BCUT2D eigenvalue weighted by molar-refractivity contribution is 5.93. The van der Waals surface area contributed by atoms with Crippen molar-refractivity contribution in [3.05, 3.63) is 30.1 Å². The molecule has 1 aromatic carbocycles. The van der Waals surface area contributed by atoms with Gasteiger partial charge in [-0.25, -0.2) is 4.39 Å². The lowest BCUT2D eigenvalue weighted by Gasteiger charge is -2.24. The standard InChI is InChI=1S/C14H19FN2O2/c1-17(12-4-2-11(15)3-5-12)14(18)10-19-13-6-8-16-9-7-13/h2-5,13,16H,6-10H2,1H3. The second-order valence-electron chi connectivity index (χ2n) is 4.69. The van der Waals surface area contributed by atoms with E-state index in [4.69, 9.17) is 4.74 Å². The average molecular weight is 266 g/mol. The molecule has 1 aliphatic rings. The van der Waals surface area contributed by atoms with Crippen molar-refractivity contribution in [3.8, 4) is 0 Å². The predicted molar refractivity (Wildman–Crippen MR) is 71.7 cm³/mol. The number of benzene rings is 1. The Bertz CT molecular complexity index is 416. The summed E-state index contributed by atoms with van der Waals surface area (Å²) in [7, 11) is 1.67. The zero-order valence-electron chi connectivity index (χ0n) is 11.1. The highest BCUT2D eigenvalue weighted by atomic mass is 19.1. The molecular formula is C14H19FN2O2. The van der Waals surface area contributed by atoms with Gasteiger partial charge < -0.3 is 15.0 Å². The Morgan fingerprint density at radius 3 is 2.63 bits per heavy atom. The largest absolute Gasteiger partial charge is 0.368 e. The number of halogens is 1. The summed E-state index contributed by atoms with van der Waals surface area (Å²) in [5.74, 6) is -0.430. The molecular weight excluding hydrogens is 247 g/mol. The summed E-state index contributed by atoms with van der Waals surface area (Å²) in [6, 6.07) is 5.84. The molecule has 0 aliphatic carbocycles. The molecule has 0 atom stereocenters. The quantitative estimate of drug-likeness (QED) is 0.899. The molecule has 1 saturated heterocycles. The Kier molecular flexibility index (Phi) is 4.87. The molecule has 0 aromatic heterocycles. The molecule has 1 fully saturated rings. The number of anilines is 1. The van der Waals surface area contributed by atoms with E-state index < -0.39 is 0 Å². The maximum Gasteiger partial charge on any atom is 0.252 e. The van der Waals surface area contributed by atoms with Gasteiger partial charge >= 0.3 is 0 Å². The minimum absolute atomic E-state index is 0.0680. The van der Waals surface area contributed by atoms with Crippen molar-refractivity contribution >= 4 is 11.6 Å². The van der Waals surface area contributed by atoms with Gasteiger partial charge in [0.2, 0.25) is 0 Å². The monoisotopic (exact) mass is 266 g/mol. The number of nitrogens with zero attached hydrogens (tertiary/aromatic N) is 1. The highest BCUT2D eigenvalue weighted by Gasteiger charge is 2.17. The van der Waals surface area contributed by atoms with Crippen LogP contribution in [0.25, 0.3) is 0 Å². The van der Waals surface area contributed by atoms with Crippen molar-refractivity contribution in [2.45, 2.75) is 18.9 Å². The Morgan fingerprint density at radius 2 is 2.00 bits per heavy atom. The van der Waals surface area contributed by atoms with Gasteiger partial charge in [-0.05, 0) is 50.2 Å². The van der Waals surface area contributed by atoms with Gasteiger partial charge in [0.15, 0.2) is 0 Å². The van der Waals surface area contributed by atoms with Crippen LogP contribution in [-0.4, -0.2) is 38.8 Å². The van der Waals surface area contributed by atoms with Gasteiger partial charge in [-0.1, -0.05) is 0 Å². The molecule has 1 aromatic rings. The van der Waals surface area contributed by atoms with Crippen LogP contribution in [-0.2, 0) is 9.53 Å². The first-order valence-corrected chi connectivity index (χ1v) is 6.51. The molecule has 1 amide bonds. The lowest BCUT2D eigenvalue weighted by molar-refractivity contribution is -0.125. The van der Waals surface area contributed by atoms with Crippen molar-refractivity contribution in [1.82, 2.24) is 5.32 Å². The van der Waals surface area contributed by atoms with E-state index in [-0.39, 0.29) is 24.4 Å². The lowest BCUT2D eigenvalue weighted by Crippen LogP contribution is -2.36. The molecule has 19 heavy (non-hydrogen) atoms. The minimum atomic E-state index is -0.310. The third-order valence-electron chi connectivity index (χ3n) is 3.32. The maximum atomic E-state index is 12.8. The van der Waals surface area contributed by atoms with Crippen LogP contribution in [0.5, 0.6) is 0 Å². The second kappa shape index (κ2) is 6.63. The fourth-order valence-corrected chi connectivity index (χ4v) is 2.06. The van der Waals surface area contributed by atoms with E-state index in [0.29, 0.717) is 5.69 Å². The molecule has 1 aliphatic heterocycles. The zero-order chi connectivity index (χ0) is 13.7. The van der Waals surface area contributed by atoms with E-state index in [1.807, 2.05) is 0 Å². The summed E-state index contributed by atoms with van der Waals surface area (Å²) in [6.45, 7) is 1.94. The van der Waals surface area contributed by atoms with Crippen LogP contribution in [0.1, 0.15) is 12.8 Å². The molecule has 5 heteroatoms. The van der Waals surface area contributed by atoms with E-state index in [0.717, 1.165) is 25.9 Å². The first-order chi connectivity index (χ1) is 9.16. The summed E-state index contributed by atoms with van der Waals surface area (Å²) >= 11 is 0. The molecule has 104 valence electrons. The molecule has 4 nitrogen and oxygen atoms in total. The number of piperidine rings is 1. The Balaban J connectivity index is 1.83. The summed E-state index contributed by atoms with van der Waals surface area (Å²) in [6.07, 6.45) is 2.04. The van der Waals surface area contributed by atoms with Crippen LogP contribution in [0.15, 0.2) is 24.3 Å². The lowest BCUT2D eigenvalue weighted by atomic mass is 10.1. The minimum Gasteiger partial charge on any atom is -0.368 e. The number of likely N-dealkylation sites (N-methyl/N-ethyl adjacent to an activating group) is 1. The molecule has 0 bridgehead atoms. The third kappa shape index (κ3) is 4.01. The van der Waals surface area contributed by atoms with Crippen molar-refractivity contribution in [1.29, 1.82) is 0 Å². The van der Waals surface area contributed by atoms with Crippen LogP contribution < -0.4 is 10.2 Å². The van der Waals surface area contributed by atoms with Gasteiger partial charge in [0.25, 0.3) is 5.91 Å². The number of nitrogens with one attached hydrogen (secondary N) is 1. The Hall–Kier alpha value is -1.46. The number of amides is 1. The molecule has 1 heterocycles. The number of ether oxygens (including phenoxy) is 1. The van der Waals surface area contributed by atoms with Crippen molar-refractivity contribution in [2.24, 2.45) is 0 Å². The maximum absolute atomic E-state index is 12.8. The first kappa shape index (κ1) is 14.0. The second-order valence-corrected chi connectivity index (χ2v) is 4.69. The molecule has 0 radical (unpaired) electrons. The van der Waals surface area contributed by atoms with E-state index in [9.17, 15) is 9.18 Å². The van der Waals surface area contributed by atoms with E-state index in [1.54, 1.807) is 19.2 Å². The number of carbonyl (C=O) groups is 1. The average Bonchev–Trinajstić information content (AvgIpc) is 2.46. The summed E-state index contributed by atoms with van der Waals surface area (Å²) < 4.78 is 18.4. The fraction of sp³-hybridized carbons (Fsp3) is 0.500. The summed E-state index contributed by atoms with van der Waals surface area (Å²) in [5.41, 5.74) is 0.667. The first-order valence-electron chi connectivity index (χ1n) is 6.51. The highest BCUT2D eigenvalue weighted by Crippen LogP contribution is 2.14. The van der Waals surface area contributed by atoms with Crippen LogP contribution in [0.3, 0.4) is 0 Å². The number of hydrogen-bond acceptors (Lipinski definition) is 3. The molecule has 0 unspecified atom stereocenters. The van der Waals surface area contributed by atoms with Gasteiger partial charge in [-0.3, -0.25) is 4.79 Å². The van der Waals surface area contributed by atoms with Crippen LogP contribution in [0.2, 0.25) is 0 Å². The van der Waals surface area contributed by atoms with Gasteiger partial charge in [0, 0.05) is 12.7 Å². The van der Waals surface area contributed by atoms with E-state index in [2.05, 4.69) is 5.32 Å². The Labute approximate surface area is 112 Å². The van der Waals surface area contributed by atoms with Crippen LogP contribution in [0.4, 0.5) is 10.1 Å². The van der Waals surface area contributed by atoms with Gasteiger partial charge in [0.1, 0.15) is 12.4 Å². The topological polar surface area (TPSA) is 41.6 Å². The zero-order valence-corrected chi connectivity index (χ0v) is 11.1. The Morgan fingerprint density at radius 1 is 1.37 bits per heavy atom. The number of carbonyl (C=O) groups excluding carboxylic acids is 1. The third-order valence-corrected chi connectivity index (χ3v) is 3.32. The molecule has 2 rings (SSSR count). The van der Waals surface area contributed by atoms with Gasteiger partial charge in [-0.15, -0.1) is 0 Å². The summed E-state index contributed by atoms with van der Waals surface area (Å²) in [4.78, 5) is 13.4. The molecule has 0 saturated carbocycles. The van der Waals surface area contributed by atoms with Crippen LogP contribution >= 0.6 is 0 Å². The number of hydrogen-bond donors (Lipinski definition) is 1. The fourth-order valence-electron chi connectivity index (χ4n) is 2.06.